The van der Waals surface area contributed by atoms with E-state index in [9.17, 15) is 9.59 Å². The van der Waals surface area contributed by atoms with Gasteiger partial charge in [-0.2, -0.15) is 0 Å². The van der Waals surface area contributed by atoms with E-state index in [1.807, 2.05) is 6.07 Å². The first-order chi connectivity index (χ1) is 16.5. The first kappa shape index (κ1) is 23.0. The van der Waals surface area contributed by atoms with Crippen LogP contribution in [0.25, 0.3) is 0 Å². The summed E-state index contributed by atoms with van der Waals surface area (Å²) in [5.74, 6) is 1.13. The van der Waals surface area contributed by atoms with Crippen LogP contribution in [-0.2, 0) is 11.2 Å². The van der Waals surface area contributed by atoms with Crippen molar-refractivity contribution in [1.82, 2.24) is 14.9 Å². The zero-order valence-electron chi connectivity index (χ0n) is 19.4. The molecule has 2 amide bonds. The minimum atomic E-state index is -0.533. The van der Waals surface area contributed by atoms with E-state index in [0.717, 1.165) is 17.0 Å². The highest BCUT2D eigenvalue weighted by Crippen LogP contribution is 2.40. The monoisotopic (exact) mass is 466 g/mol. The number of fused-ring (bicyclic) bond motifs is 1. The van der Waals surface area contributed by atoms with Gasteiger partial charge in [0.15, 0.2) is 0 Å². The molecule has 2 heterocycles. The zero-order valence-corrected chi connectivity index (χ0v) is 19.4. The second-order valence-corrected chi connectivity index (χ2v) is 7.56. The Hall–Kier alpha value is -4.21. The molecule has 0 spiro atoms. The fourth-order valence-corrected chi connectivity index (χ4v) is 4.10. The number of carbonyl (C=O) groups excluding carboxylic acids is 2. The summed E-state index contributed by atoms with van der Waals surface area (Å²) in [6, 6.07) is 9.21. The van der Waals surface area contributed by atoms with Crippen LogP contribution in [0.5, 0.6) is 17.2 Å². The molecular formula is C24H26N4O6. The first-order valence-electron chi connectivity index (χ1n) is 10.6. The van der Waals surface area contributed by atoms with Crippen LogP contribution in [0.15, 0.2) is 42.7 Å². The number of carbonyl (C=O) groups is 2. The number of aromatic nitrogens is 2. The van der Waals surface area contributed by atoms with Crippen LogP contribution in [0.1, 0.15) is 33.4 Å². The van der Waals surface area contributed by atoms with Crippen LogP contribution in [0.2, 0.25) is 0 Å². The SMILES string of the molecule is COC(=O)c1ccc(OC)c(NC(=O)N2CCc3[nH]cnc3[C@@H]2c2cc(OC)ccc2OC)c1. The lowest BCUT2D eigenvalue weighted by Gasteiger charge is -2.36. The summed E-state index contributed by atoms with van der Waals surface area (Å²) in [5.41, 5.74) is 3.05. The number of ether oxygens (including phenoxy) is 4. The van der Waals surface area contributed by atoms with Gasteiger partial charge >= 0.3 is 12.0 Å². The number of nitrogens with one attached hydrogen (secondary N) is 2. The van der Waals surface area contributed by atoms with Gasteiger partial charge in [-0.3, -0.25) is 0 Å². The van der Waals surface area contributed by atoms with Crippen LogP contribution in [0, 0.1) is 0 Å². The molecule has 0 radical (unpaired) electrons. The van der Waals surface area contributed by atoms with E-state index < -0.39 is 12.0 Å². The Morgan fingerprint density at radius 3 is 2.50 bits per heavy atom. The number of amides is 2. The molecule has 2 N–H and O–H groups in total. The fraction of sp³-hybridized carbons (Fsp3) is 0.292. The maximum absolute atomic E-state index is 13.6. The Bertz CT molecular complexity index is 1210. The number of nitrogens with zero attached hydrogens (tertiary/aromatic N) is 2. The fourth-order valence-electron chi connectivity index (χ4n) is 4.10. The largest absolute Gasteiger partial charge is 0.497 e. The normalized spacial score (nSPS) is 14.7. The maximum atomic E-state index is 13.6. The Kier molecular flexibility index (Phi) is 6.58. The predicted molar refractivity (Wildman–Crippen MR) is 124 cm³/mol. The van der Waals surface area contributed by atoms with Crippen molar-refractivity contribution in [2.45, 2.75) is 12.5 Å². The second kappa shape index (κ2) is 9.74. The van der Waals surface area contributed by atoms with Crippen molar-refractivity contribution in [2.24, 2.45) is 0 Å². The number of aromatic amines is 1. The lowest BCUT2D eigenvalue weighted by atomic mass is 9.95. The predicted octanol–water partition coefficient (Wildman–Crippen LogP) is 3.40. The molecule has 0 bridgehead atoms. The molecule has 4 rings (SSSR count). The molecule has 1 aliphatic rings. The van der Waals surface area contributed by atoms with Gasteiger partial charge in [0, 0.05) is 24.2 Å². The van der Waals surface area contributed by atoms with Crippen molar-refractivity contribution in [3.8, 4) is 17.2 Å². The molecule has 1 aliphatic heterocycles. The van der Waals surface area contributed by atoms with Crippen molar-refractivity contribution in [3.05, 3.63) is 65.2 Å². The molecule has 1 atom stereocenters. The number of urea groups is 1. The van der Waals surface area contributed by atoms with Crippen molar-refractivity contribution in [1.29, 1.82) is 0 Å². The van der Waals surface area contributed by atoms with Crippen LogP contribution < -0.4 is 19.5 Å². The van der Waals surface area contributed by atoms with Gasteiger partial charge in [-0.1, -0.05) is 0 Å². The highest BCUT2D eigenvalue weighted by atomic mass is 16.5. The summed E-state index contributed by atoms with van der Waals surface area (Å²) in [5, 5.41) is 2.88. The molecule has 34 heavy (non-hydrogen) atoms. The van der Waals surface area contributed by atoms with E-state index in [2.05, 4.69) is 15.3 Å². The number of esters is 1. The minimum absolute atomic E-state index is 0.290. The number of H-pyrrole nitrogens is 1. The molecule has 0 saturated carbocycles. The molecule has 2 aromatic carbocycles. The summed E-state index contributed by atoms with van der Waals surface area (Å²) < 4.78 is 21.2. The average molecular weight is 466 g/mol. The molecular weight excluding hydrogens is 440 g/mol. The number of methoxy groups -OCH3 is 4. The Morgan fingerprint density at radius 1 is 1.03 bits per heavy atom. The molecule has 10 nitrogen and oxygen atoms in total. The second-order valence-electron chi connectivity index (χ2n) is 7.56. The molecule has 3 aromatic rings. The molecule has 0 aliphatic carbocycles. The summed E-state index contributed by atoms with van der Waals surface area (Å²) >= 11 is 0. The third-order valence-electron chi connectivity index (χ3n) is 5.78. The average Bonchev–Trinajstić information content (AvgIpc) is 3.36. The number of benzene rings is 2. The van der Waals surface area contributed by atoms with Crippen molar-refractivity contribution >= 4 is 17.7 Å². The summed E-state index contributed by atoms with van der Waals surface area (Å²) in [4.78, 5) is 34.9. The van der Waals surface area contributed by atoms with Gasteiger partial charge in [-0.25, -0.2) is 14.6 Å². The van der Waals surface area contributed by atoms with E-state index in [4.69, 9.17) is 18.9 Å². The van der Waals surface area contributed by atoms with E-state index in [0.29, 0.717) is 35.9 Å². The number of hydrogen-bond donors (Lipinski definition) is 2. The molecule has 178 valence electrons. The smallest absolute Gasteiger partial charge is 0.337 e. The maximum Gasteiger partial charge on any atom is 0.337 e. The van der Waals surface area contributed by atoms with Gasteiger partial charge in [0.1, 0.15) is 23.3 Å². The van der Waals surface area contributed by atoms with Gasteiger partial charge in [0.25, 0.3) is 0 Å². The van der Waals surface area contributed by atoms with Crippen LogP contribution in [-0.4, -0.2) is 61.9 Å². The van der Waals surface area contributed by atoms with E-state index in [-0.39, 0.29) is 11.6 Å². The van der Waals surface area contributed by atoms with E-state index in [1.165, 1.54) is 20.3 Å². The number of rotatable bonds is 6. The van der Waals surface area contributed by atoms with Crippen LogP contribution in [0.4, 0.5) is 10.5 Å². The molecule has 0 fully saturated rings. The van der Waals surface area contributed by atoms with Gasteiger partial charge in [0.2, 0.25) is 0 Å². The van der Waals surface area contributed by atoms with Gasteiger partial charge in [0.05, 0.1) is 51.7 Å². The molecule has 0 unspecified atom stereocenters. The molecule has 10 heteroatoms. The third kappa shape index (κ3) is 4.21. The van der Waals surface area contributed by atoms with Gasteiger partial charge < -0.3 is 34.1 Å². The minimum Gasteiger partial charge on any atom is -0.497 e. The highest BCUT2D eigenvalue weighted by Gasteiger charge is 2.36. The highest BCUT2D eigenvalue weighted by molar-refractivity contribution is 5.96. The summed E-state index contributed by atoms with van der Waals surface area (Å²) in [6.07, 6.45) is 2.22. The van der Waals surface area contributed by atoms with E-state index >= 15 is 0 Å². The number of anilines is 1. The standard InChI is InChI=1S/C24H26N4O6/c1-31-15-6-8-19(32-2)16(12-15)22-21-17(25-13-26-21)9-10-28(22)24(30)27-18-11-14(23(29)34-4)5-7-20(18)33-3/h5-8,11-13,22H,9-10H2,1-4H3,(H,25,26)(H,27,30)/t22-/m0/s1. The first-order valence-corrected chi connectivity index (χ1v) is 10.6. The van der Waals surface area contributed by atoms with Crippen LogP contribution in [0.3, 0.4) is 0 Å². The quantitative estimate of drug-likeness (QED) is 0.535. The third-order valence-corrected chi connectivity index (χ3v) is 5.78. The number of hydrogen-bond acceptors (Lipinski definition) is 7. The topological polar surface area (TPSA) is 115 Å². The van der Waals surface area contributed by atoms with Crippen molar-refractivity contribution in [2.75, 3.05) is 40.3 Å². The Morgan fingerprint density at radius 2 is 1.79 bits per heavy atom. The van der Waals surface area contributed by atoms with Crippen molar-refractivity contribution < 1.29 is 28.5 Å². The lowest BCUT2D eigenvalue weighted by molar-refractivity contribution is 0.0600. The summed E-state index contributed by atoms with van der Waals surface area (Å²) in [7, 11) is 5.94. The van der Waals surface area contributed by atoms with Crippen molar-refractivity contribution in [3.63, 3.8) is 0 Å². The zero-order chi connectivity index (χ0) is 24.2. The molecule has 1 aromatic heterocycles. The Balaban J connectivity index is 1.74. The summed E-state index contributed by atoms with van der Waals surface area (Å²) in [6.45, 7) is 0.422. The van der Waals surface area contributed by atoms with Crippen LogP contribution >= 0.6 is 0 Å². The van der Waals surface area contributed by atoms with E-state index in [1.54, 1.807) is 49.7 Å². The number of imidazole rings is 1. The lowest BCUT2D eigenvalue weighted by Crippen LogP contribution is -2.43. The van der Waals surface area contributed by atoms with Gasteiger partial charge in [-0.05, 0) is 36.4 Å². The Labute approximate surface area is 196 Å². The molecule has 0 saturated heterocycles. The van der Waals surface area contributed by atoms with Gasteiger partial charge in [-0.15, -0.1) is 0 Å².